The molecule has 1 heterocycles. The van der Waals surface area contributed by atoms with Gasteiger partial charge in [0.25, 0.3) is 0 Å². The van der Waals surface area contributed by atoms with Crippen LogP contribution in [0.2, 0.25) is 10.0 Å². The van der Waals surface area contributed by atoms with Crippen LogP contribution in [-0.4, -0.2) is 11.1 Å². The van der Waals surface area contributed by atoms with Gasteiger partial charge in [-0.15, -0.1) is 0 Å². The summed E-state index contributed by atoms with van der Waals surface area (Å²) in [4.78, 5) is 0. The van der Waals surface area contributed by atoms with Crippen molar-refractivity contribution in [3.05, 3.63) is 75.9 Å². The molecule has 0 aliphatic heterocycles. The number of aromatic nitrogens is 1. The van der Waals surface area contributed by atoms with Gasteiger partial charge in [0.05, 0.1) is 5.69 Å². The summed E-state index contributed by atoms with van der Waals surface area (Å²) in [6, 6.07) is 18.4. The van der Waals surface area contributed by atoms with Crippen LogP contribution >= 0.6 is 23.2 Å². The molecule has 0 bridgehead atoms. The summed E-state index contributed by atoms with van der Waals surface area (Å²) >= 11 is 12.2. The molecule has 3 aromatic rings. The van der Waals surface area contributed by atoms with Crippen molar-refractivity contribution in [3.63, 3.8) is 0 Å². The molecule has 0 amide bonds. The van der Waals surface area contributed by atoms with Gasteiger partial charge in [0, 0.05) is 28.0 Å². The lowest BCUT2D eigenvalue weighted by molar-refractivity contribution is 0.342. The third kappa shape index (κ3) is 4.88. The van der Waals surface area contributed by atoms with Gasteiger partial charge in [-0.05, 0) is 85.8 Å². The number of nitrogens with one attached hydrogen (secondary N) is 1. The molecular weight excluding hydrogens is 399 g/mol. The zero-order valence-electron chi connectivity index (χ0n) is 16.9. The quantitative estimate of drug-likeness (QED) is 0.433. The summed E-state index contributed by atoms with van der Waals surface area (Å²) in [6.07, 6.45) is 6.92. The molecule has 0 radical (unpaired) electrons. The highest BCUT2D eigenvalue weighted by molar-refractivity contribution is 6.30. The van der Waals surface area contributed by atoms with E-state index in [1.54, 1.807) is 0 Å². The normalized spacial score (nSPS) is 15.0. The zero-order chi connectivity index (χ0) is 20.2. The zero-order valence-corrected chi connectivity index (χ0v) is 18.4. The van der Waals surface area contributed by atoms with Crippen molar-refractivity contribution in [1.82, 2.24) is 9.88 Å². The van der Waals surface area contributed by atoms with Crippen molar-refractivity contribution in [1.29, 1.82) is 0 Å². The van der Waals surface area contributed by atoms with Crippen molar-refractivity contribution >= 4 is 23.2 Å². The Balaban J connectivity index is 1.62. The second-order valence-corrected chi connectivity index (χ2v) is 8.97. The topological polar surface area (TPSA) is 17.0 Å². The highest BCUT2D eigenvalue weighted by Gasteiger charge is 2.16. The minimum absolute atomic E-state index is 0.751. The summed E-state index contributed by atoms with van der Waals surface area (Å²) < 4.78 is 2.32. The lowest BCUT2D eigenvalue weighted by Crippen LogP contribution is -2.24. The fourth-order valence-corrected chi connectivity index (χ4v) is 4.65. The first-order valence-corrected chi connectivity index (χ1v) is 11.3. The summed E-state index contributed by atoms with van der Waals surface area (Å²) in [6.45, 7) is 4.21. The van der Waals surface area contributed by atoms with Crippen molar-refractivity contribution in [2.45, 2.75) is 45.6 Å². The molecule has 1 saturated carbocycles. The Morgan fingerprint density at radius 3 is 2.17 bits per heavy atom. The lowest BCUT2D eigenvalue weighted by atomic mass is 9.89. The lowest BCUT2D eigenvalue weighted by Gasteiger charge is -2.21. The predicted octanol–water partition coefficient (Wildman–Crippen LogP) is 7.43. The molecule has 1 aliphatic carbocycles. The standard InChI is InChI=1S/C25H28Cl2N2/c1-18-21(17-28-16-19-5-3-2-4-6-19)15-25(20-7-9-22(26)10-8-20)29(18)24-13-11-23(27)12-14-24/h7-15,19,28H,2-6,16-17H2,1H3. The molecule has 1 aliphatic rings. The smallest absolute Gasteiger partial charge is 0.0534 e. The molecule has 29 heavy (non-hydrogen) atoms. The first-order chi connectivity index (χ1) is 14.1. The number of rotatable bonds is 6. The third-order valence-electron chi connectivity index (χ3n) is 6.05. The predicted molar refractivity (Wildman–Crippen MR) is 124 cm³/mol. The largest absolute Gasteiger partial charge is 0.314 e. The van der Waals surface area contributed by atoms with Gasteiger partial charge in [-0.1, -0.05) is 54.6 Å². The Hall–Kier alpha value is -1.74. The second-order valence-electron chi connectivity index (χ2n) is 8.09. The van der Waals surface area contributed by atoms with E-state index in [4.69, 9.17) is 23.2 Å². The summed E-state index contributed by atoms with van der Waals surface area (Å²) in [5.41, 5.74) is 6.05. The molecule has 1 N–H and O–H groups in total. The highest BCUT2D eigenvalue weighted by Crippen LogP contribution is 2.31. The van der Waals surface area contributed by atoms with Crippen LogP contribution in [0.1, 0.15) is 43.4 Å². The molecule has 1 aromatic heterocycles. The number of hydrogen-bond donors (Lipinski definition) is 1. The minimum atomic E-state index is 0.751. The van der Waals surface area contributed by atoms with E-state index in [1.165, 1.54) is 49.1 Å². The first-order valence-electron chi connectivity index (χ1n) is 10.6. The molecule has 4 heteroatoms. The van der Waals surface area contributed by atoms with E-state index in [9.17, 15) is 0 Å². The van der Waals surface area contributed by atoms with Crippen molar-refractivity contribution in [3.8, 4) is 16.9 Å². The Morgan fingerprint density at radius 1 is 0.897 bits per heavy atom. The fourth-order valence-electron chi connectivity index (χ4n) is 4.40. The van der Waals surface area contributed by atoms with E-state index in [-0.39, 0.29) is 0 Å². The molecule has 152 valence electrons. The first kappa shape index (κ1) is 20.5. The molecule has 0 atom stereocenters. The van der Waals surface area contributed by atoms with Crippen LogP contribution in [0.4, 0.5) is 0 Å². The van der Waals surface area contributed by atoms with Gasteiger partial charge in [0.1, 0.15) is 0 Å². The third-order valence-corrected chi connectivity index (χ3v) is 6.55. The monoisotopic (exact) mass is 426 g/mol. The van der Waals surface area contributed by atoms with Gasteiger partial charge in [0.2, 0.25) is 0 Å². The van der Waals surface area contributed by atoms with Gasteiger partial charge in [0.15, 0.2) is 0 Å². The van der Waals surface area contributed by atoms with E-state index < -0.39 is 0 Å². The van der Waals surface area contributed by atoms with E-state index in [2.05, 4.69) is 47.1 Å². The van der Waals surface area contributed by atoms with Gasteiger partial charge >= 0.3 is 0 Å². The fraction of sp³-hybridized carbons (Fsp3) is 0.360. The Kier molecular flexibility index (Phi) is 6.64. The summed E-state index contributed by atoms with van der Waals surface area (Å²) in [7, 11) is 0. The van der Waals surface area contributed by atoms with Crippen LogP contribution in [-0.2, 0) is 6.54 Å². The van der Waals surface area contributed by atoms with Gasteiger partial charge < -0.3 is 9.88 Å². The Labute approximate surface area is 183 Å². The maximum absolute atomic E-state index is 6.13. The average Bonchev–Trinajstić information content (AvgIpc) is 3.06. The number of halogens is 2. The Bertz CT molecular complexity index is 936. The Morgan fingerprint density at radius 2 is 1.52 bits per heavy atom. The summed E-state index contributed by atoms with van der Waals surface area (Å²) in [5, 5.41) is 5.22. The van der Waals surface area contributed by atoms with Crippen LogP contribution in [0.5, 0.6) is 0 Å². The van der Waals surface area contributed by atoms with Crippen molar-refractivity contribution < 1.29 is 0 Å². The van der Waals surface area contributed by atoms with Crippen LogP contribution in [0.3, 0.4) is 0 Å². The SMILES string of the molecule is Cc1c(CNCC2CCCCC2)cc(-c2ccc(Cl)cc2)n1-c1ccc(Cl)cc1. The average molecular weight is 427 g/mol. The number of benzene rings is 2. The van der Waals surface area contributed by atoms with Crippen molar-refractivity contribution in [2.24, 2.45) is 5.92 Å². The summed E-state index contributed by atoms with van der Waals surface area (Å²) in [5.74, 6) is 0.832. The molecule has 2 nitrogen and oxygen atoms in total. The molecule has 1 fully saturated rings. The van der Waals surface area contributed by atoms with E-state index in [0.29, 0.717) is 0 Å². The minimum Gasteiger partial charge on any atom is -0.314 e. The molecule has 0 spiro atoms. The van der Waals surface area contributed by atoms with Gasteiger partial charge in [-0.2, -0.15) is 0 Å². The molecule has 0 unspecified atom stereocenters. The maximum atomic E-state index is 6.13. The molecule has 2 aromatic carbocycles. The van der Waals surface area contributed by atoms with Crippen LogP contribution in [0.15, 0.2) is 54.6 Å². The molecule has 4 rings (SSSR count). The number of hydrogen-bond acceptors (Lipinski definition) is 1. The van der Waals surface area contributed by atoms with E-state index in [0.717, 1.165) is 40.3 Å². The number of nitrogens with zero attached hydrogens (tertiary/aromatic N) is 1. The molecular formula is C25H28Cl2N2. The van der Waals surface area contributed by atoms with Crippen LogP contribution in [0.25, 0.3) is 16.9 Å². The van der Waals surface area contributed by atoms with Gasteiger partial charge in [-0.3, -0.25) is 0 Å². The highest BCUT2D eigenvalue weighted by atomic mass is 35.5. The van der Waals surface area contributed by atoms with Crippen LogP contribution in [0, 0.1) is 12.8 Å². The van der Waals surface area contributed by atoms with E-state index in [1.807, 2.05) is 24.3 Å². The van der Waals surface area contributed by atoms with Gasteiger partial charge in [-0.25, -0.2) is 0 Å². The second kappa shape index (κ2) is 9.38. The maximum Gasteiger partial charge on any atom is 0.0534 e. The van der Waals surface area contributed by atoms with Crippen molar-refractivity contribution in [2.75, 3.05) is 6.54 Å². The van der Waals surface area contributed by atoms with E-state index >= 15 is 0 Å². The van der Waals surface area contributed by atoms with Crippen LogP contribution < -0.4 is 5.32 Å². The molecule has 0 saturated heterocycles.